The van der Waals surface area contributed by atoms with Crippen LogP contribution in [-0.4, -0.2) is 52.0 Å². The second-order valence-corrected chi connectivity index (χ2v) is 6.21. The van der Waals surface area contributed by atoms with E-state index in [-0.39, 0.29) is 23.5 Å². The summed E-state index contributed by atoms with van der Waals surface area (Å²) in [6.07, 6.45) is 2.27. The number of para-hydroxylation sites is 1. The molecule has 1 amide bonds. The zero-order chi connectivity index (χ0) is 17.6. The van der Waals surface area contributed by atoms with Crippen LogP contribution in [0, 0.1) is 5.92 Å². The summed E-state index contributed by atoms with van der Waals surface area (Å²) in [5, 5.41) is 0.746. The molecular weight excluding hydrogens is 325 g/mol. The number of nitrogen functional groups attached to an aromatic ring is 1. The van der Waals surface area contributed by atoms with Gasteiger partial charge in [0.05, 0.1) is 13.8 Å². The van der Waals surface area contributed by atoms with Crippen molar-refractivity contribution in [3.05, 3.63) is 30.1 Å². The number of hydrogen-bond donors (Lipinski definition) is 1. The van der Waals surface area contributed by atoms with Crippen molar-refractivity contribution in [3.8, 4) is 5.75 Å². The van der Waals surface area contributed by atoms with Gasteiger partial charge in [0.1, 0.15) is 22.6 Å². The first-order valence-electron chi connectivity index (χ1n) is 8.09. The van der Waals surface area contributed by atoms with Crippen LogP contribution in [0.2, 0.25) is 0 Å². The highest BCUT2D eigenvalue weighted by Gasteiger charge is 2.28. The number of fused-ring (bicyclic) bond motifs is 3. The quantitative estimate of drug-likeness (QED) is 0.785. The minimum absolute atomic E-state index is 0.0854. The molecule has 0 unspecified atom stereocenters. The molecule has 3 heterocycles. The van der Waals surface area contributed by atoms with E-state index >= 15 is 0 Å². The topological polar surface area (TPSA) is 85.8 Å². The number of aromatic nitrogens is 3. The monoisotopic (exact) mass is 343 g/mol. The second kappa shape index (κ2) is 5.87. The molecule has 1 aliphatic rings. The third-order valence-corrected chi connectivity index (χ3v) is 4.65. The maximum atomic E-state index is 12.8. The Balaban J connectivity index is 1.81. The molecule has 0 bridgehead atoms. The molecule has 7 nitrogen and oxygen atoms in total. The van der Waals surface area contributed by atoms with Gasteiger partial charge in [0, 0.05) is 30.6 Å². The smallest absolute Gasteiger partial charge is 0.274 e. The number of rotatable bonds is 3. The van der Waals surface area contributed by atoms with Crippen molar-refractivity contribution in [2.24, 2.45) is 5.92 Å². The van der Waals surface area contributed by atoms with E-state index in [0.29, 0.717) is 36.4 Å². The lowest BCUT2D eigenvalue weighted by Gasteiger charge is -2.13. The molecule has 0 spiro atoms. The molecule has 25 heavy (non-hydrogen) atoms. The predicted octanol–water partition coefficient (Wildman–Crippen LogP) is 1.90. The van der Waals surface area contributed by atoms with Gasteiger partial charge in [-0.1, -0.05) is 6.07 Å². The Morgan fingerprint density at radius 1 is 1.44 bits per heavy atom. The Morgan fingerprint density at radius 2 is 2.28 bits per heavy atom. The SMILES string of the molecule is COc1cccc2c1nc(N)n1cc(C(=O)N3CC[C@@H](CF)C3)nc21. The van der Waals surface area contributed by atoms with Crippen molar-refractivity contribution in [1.82, 2.24) is 19.3 Å². The average molecular weight is 343 g/mol. The molecule has 0 saturated carbocycles. The number of likely N-dealkylation sites (tertiary alicyclic amines) is 1. The van der Waals surface area contributed by atoms with Crippen LogP contribution in [-0.2, 0) is 0 Å². The van der Waals surface area contributed by atoms with Gasteiger partial charge in [-0.25, -0.2) is 9.97 Å². The van der Waals surface area contributed by atoms with E-state index in [1.54, 1.807) is 28.7 Å². The van der Waals surface area contributed by atoms with E-state index in [9.17, 15) is 9.18 Å². The Bertz CT molecular complexity index is 970. The Labute approximate surface area is 143 Å². The summed E-state index contributed by atoms with van der Waals surface area (Å²) in [7, 11) is 1.56. The average Bonchev–Trinajstić information content (AvgIpc) is 3.28. The molecular formula is C17H18FN5O2. The van der Waals surface area contributed by atoms with Crippen molar-refractivity contribution >= 4 is 28.4 Å². The van der Waals surface area contributed by atoms with Gasteiger partial charge >= 0.3 is 0 Å². The second-order valence-electron chi connectivity index (χ2n) is 6.21. The number of amides is 1. The Kier molecular flexibility index (Phi) is 3.67. The van der Waals surface area contributed by atoms with Crippen LogP contribution in [0.5, 0.6) is 5.75 Å². The van der Waals surface area contributed by atoms with Crippen molar-refractivity contribution in [1.29, 1.82) is 0 Å². The highest BCUT2D eigenvalue weighted by molar-refractivity contribution is 5.99. The van der Waals surface area contributed by atoms with Gasteiger partial charge in [0.25, 0.3) is 5.91 Å². The van der Waals surface area contributed by atoms with E-state index in [2.05, 4.69) is 9.97 Å². The van der Waals surface area contributed by atoms with Crippen LogP contribution in [0.15, 0.2) is 24.4 Å². The molecule has 2 aromatic heterocycles. The Hall–Kier alpha value is -2.90. The minimum atomic E-state index is -0.407. The van der Waals surface area contributed by atoms with E-state index in [4.69, 9.17) is 10.5 Å². The number of benzene rings is 1. The molecule has 130 valence electrons. The molecule has 0 aliphatic carbocycles. The number of nitrogens with two attached hydrogens (primary N) is 1. The lowest BCUT2D eigenvalue weighted by atomic mass is 10.1. The number of carbonyl (C=O) groups excluding carboxylic acids is 1. The minimum Gasteiger partial charge on any atom is -0.494 e. The van der Waals surface area contributed by atoms with Gasteiger partial charge in [-0.2, -0.15) is 0 Å². The molecule has 1 aliphatic heterocycles. The predicted molar refractivity (Wildman–Crippen MR) is 91.4 cm³/mol. The summed E-state index contributed by atoms with van der Waals surface area (Å²) < 4.78 is 19.7. The van der Waals surface area contributed by atoms with Gasteiger partial charge in [0.15, 0.2) is 0 Å². The lowest BCUT2D eigenvalue weighted by molar-refractivity contribution is 0.0780. The summed E-state index contributed by atoms with van der Waals surface area (Å²) in [6, 6.07) is 5.49. The maximum absolute atomic E-state index is 12.8. The fraction of sp³-hybridized carbons (Fsp3) is 0.353. The van der Waals surface area contributed by atoms with Crippen LogP contribution in [0.3, 0.4) is 0 Å². The number of imidazole rings is 1. The summed E-state index contributed by atoms with van der Waals surface area (Å²) in [4.78, 5) is 23.2. The van der Waals surface area contributed by atoms with Crippen LogP contribution < -0.4 is 10.5 Å². The number of hydrogen-bond acceptors (Lipinski definition) is 5. The highest BCUT2D eigenvalue weighted by Crippen LogP contribution is 2.28. The zero-order valence-electron chi connectivity index (χ0n) is 13.8. The number of methoxy groups -OCH3 is 1. The molecule has 1 saturated heterocycles. The van der Waals surface area contributed by atoms with E-state index in [0.717, 1.165) is 5.39 Å². The molecule has 4 rings (SSSR count). The molecule has 1 fully saturated rings. The van der Waals surface area contributed by atoms with Gasteiger partial charge in [-0.05, 0) is 18.6 Å². The van der Waals surface area contributed by atoms with Gasteiger partial charge < -0.3 is 15.4 Å². The van der Waals surface area contributed by atoms with E-state index in [1.807, 2.05) is 12.1 Å². The third-order valence-electron chi connectivity index (χ3n) is 4.65. The summed E-state index contributed by atoms with van der Waals surface area (Å²) in [6.45, 7) is 0.561. The van der Waals surface area contributed by atoms with Crippen LogP contribution in [0.4, 0.5) is 10.3 Å². The number of ether oxygens (including phenoxy) is 1. The highest BCUT2D eigenvalue weighted by atomic mass is 19.1. The molecule has 0 radical (unpaired) electrons. The number of halogens is 1. The van der Waals surface area contributed by atoms with E-state index < -0.39 is 6.67 Å². The summed E-state index contributed by atoms with van der Waals surface area (Å²) in [5.41, 5.74) is 7.46. The van der Waals surface area contributed by atoms with Crippen molar-refractivity contribution < 1.29 is 13.9 Å². The van der Waals surface area contributed by atoms with Gasteiger partial charge in [-0.3, -0.25) is 13.6 Å². The molecule has 8 heteroatoms. The first-order chi connectivity index (χ1) is 12.1. The van der Waals surface area contributed by atoms with Gasteiger partial charge in [0.2, 0.25) is 5.95 Å². The summed E-state index contributed by atoms with van der Waals surface area (Å²) in [5.74, 6) is 0.516. The van der Waals surface area contributed by atoms with Crippen LogP contribution in [0.25, 0.3) is 16.6 Å². The van der Waals surface area contributed by atoms with Crippen LogP contribution in [0.1, 0.15) is 16.9 Å². The molecule has 1 aromatic carbocycles. The van der Waals surface area contributed by atoms with Crippen LogP contribution >= 0.6 is 0 Å². The first kappa shape index (κ1) is 15.6. The molecule has 1 atom stereocenters. The molecule has 2 N–H and O–H groups in total. The van der Waals surface area contributed by atoms with Gasteiger partial charge in [-0.15, -0.1) is 0 Å². The fourth-order valence-electron chi connectivity index (χ4n) is 3.30. The lowest BCUT2D eigenvalue weighted by Crippen LogP contribution is -2.29. The van der Waals surface area contributed by atoms with Crippen molar-refractivity contribution in [3.63, 3.8) is 0 Å². The largest absolute Gasteiger partial charge is 0.494 e. The van der Waals surface area contributed by atoms with Crippen molar-refractivity contribution in [2.45, 2.75) is 6.42 Å². The maximum Gasteiger partial charge on any atom is 0.274 e. The summed E-state index contributed by atoms with van der Waals surface area (Å²) >= 11 is 0. The molecule has 3 aromatic rings. The number of nitrogens with zero attached hydrogens (tertiary/aromatic N) is 4. The number of anilines is 1. The van der Waals surface area contributed by atoms with E-state index in [1.165, 1.54) is 0 Å². The van der Waals surface area contributed by atoms with Crippen molar-refractivity contribution in [2.75, 3.05) is 32.6 Å². The number of carbonyl (C=O) groups is 1. The number of alkyl halides is 1. The first-order valence-corrected chi connectivity index (χ1v) is 8.09. The normalized spacial score (nSPS) is 17.5. The standard InChI is InChI=1S/C17H18FN5O2/c1-25-13-4-2-3-11-14(13)21-17(19)23-9-12(20-15(11)23)16(24)22-6-5-10(7-18)8-22/h2-4,9-10H,5-8H2,1H3,(H2,19,21)/t10-/m0/s1. The fourth-order valence-corrected chi connectivity index (χ4v) is 3.30. The zero-order valence-corrected chi connectivity index (χ0v) is 13.8. The third kappa shape index (κ3) is 2.45. The Morgan fingerprint density at radius 3 is 3.00 bits per heavy atom.